The van der Waals surface area contributed by atoms with Crippen molar-refractivity contribution in [1.29, 1.82) is 5.41 Å². The van der Waals surface area contributed by atoms with Gasteiger partial charge in [0.05, 0.1) is 0 Å². The highest BCUT2D eigenvalue weighted by Crippen LogP contribution is 1.93. The number of nitrogens with one attached hydrogen (secondary N) is 1. The fourth-order valence-corrected chi connectivity index (χ4v) is 0.462. The van der Waals surface area contributed by atoms with Crippen LogP contribution < -0.4 is 0 Å². The standard InChI is InChI=1S/C8H11NO/c1-3-7(9)5-6-8(10)4-2/h3-4,9H,1-2,5-6H2. The molecule has 0 saturated carbocycles. The molecule has 0 spiro atoms. The first-order valence-electron chi connectivity index (χ1n) is 3.06. The molecule has 2 heteroatoms. The zero-order chi connectivity index (χ0) is 7.98. The van der Waals surface area contributed by atoms with E-state index in [2.05, 4.69) is 13.2 Å². The van der Waals surface area contributed by atoms with E-state index in [4.69, 9.17) is 5.41 Å². The molecule has 0 atom stereocenters. The van der Waals surface area contributed by atoms with Crippen molar-refractivity contribution in [1.82, 2.24) is 0 Å². The van der Waals surface area contributed by atoms with Gasteiger partial charge >= 0.3 is 0 Å². The quantitative estimate of drug-likeness (QED) is 0.455. The second-order valence-corrected chi connectivity index (χ2v) is 1.90. The third kappa shape index (κ3) is 3.78. The van der Waals surface area contributed by atoms with Gasteiger partial charge < -0.3 is 5.41 Å². The number of hydrogen-bond donors (Lipinski definition) is 1. The number of ketones is 1. The van der Waals surface area contributed by atoms with Gasteiger partial charge in [0.2, 0.25) is 0 Å². The maximum absolute atomic E-state index is 10.6. The Kier molecular flexibility index (Phi) is 4.12. The average Bonchev–Trinajstić information content (AvgIpc) is 1.99. The summed E-state index contributed by atoms with van der Waals surface area (Å²) in [4.78, 5) is 10.6. The fourth-order valence-electron chi connectivity index (χ4n) is 0.462. The van der Waals surface area contributed by atoms with Crippen molar-refractivity contribution < 1.29 is 4.79 Å². The van der Waals surface area contributed by atoms with E-state index in [9.17, 15) is 4.79 Å². The molecule has 1 N–H and O–H groups in total. The largest absolute Gasteiger partial charge is 0.305 e. The second kappa shape index (κ2) is 4.68. The molecule has 0 aromatic heterocycles. The van der Waals surface area contributed by atoms with Crippen LogP contribution in [-0.4, -0.2) is 11.5 Å². The Labute approximate surface area is 60.8 Å². The maximum atomic E-state index is 10.6. The molecule has 2 nitrogen and oxygen atoms in total. The van der Waals surface area contributed by atoms with E-state index in [1.165, 1.54) is 12.2 Å². The minimum atomic E-state index is -0.0217. The molecule has 0 aliphatic rings. The highest BCUT2D eigenvalue weighted by atomic mass is 16.1. The van der Waals surface area contributed by atoms with Crippen LogP contribution in [0.4, 0.5) is 0 Å². The van der Waals surface area contributed by atoms with Crippen LogP contribution in [0.15, 0.2) is 25.3 Å². The van der Waals surface area contributed by atoms with E-state index >= 15 is 0 Å². The number of carbonyl (C=O) groups excluding carboxylic acids is 1. The van der Waals surface area contributed by atoms with E-state index in [0.29, 0.717) is 18.6 Å². The normalized spacial score (nSPS) is 8.40. The van der Waals surface area contributed by atoms with E-state index < -0.39 is 0 Å². The van der Waals surface area contributed by atoms with Gasteiger partial charge in [-0.25, -0.2) is 0 Å². The molecule has 0 saturated heterocycles. The summed E-state index contributed by atoms with van der Waals surface area (Å²) in [5.41, 5.74) is 0.398. The summed E-state index contributed by atoms with van der Waals surface area (Å²) >= 11 is 0. The molecule has 54 valence electrons. The Bertz CT molecular complexity index is 150. The summed E-state index contributed by atoms with van der Waals surface area (Å²) in [7, 11) is 0. The van der Waals surface area contributed by atoms with E-state index in [-0.39, 0.29) is 5.78 Å². The monoisotopic (exact) mass is 137 g/mol. The first-order valence-corrected chi connectivity index (χ1v) is 3.06. The lowest BCUT2D eigenvalue weighted by Gasteiger charge is -1.92. The second-order valence-electron chi connectivity index (χ2n) is 1.90. The molecule has 0 aromatic rings. The number of rotatable bonds is 5. The Hall–Kier alpha value is -1.18. The van der Waals surface area contributed by atoms with Gasteiger partial charge in [0.25, 0.3) is 0 Å². The van der Waals surface area contributed by atoms with Gasteiger partial charge in [0.15, 0.2) is 5.78 Å². The summed E-state index contributed by atoms with van der Waals surface area (Å²) < 4.78 is 0. The third-order valence-corrected chi connectivity index (χ3v) is 1.11. The van der Waals surface area contributed by atoms with Crippen LogP contribution in [0.2, 0.25) is 0 Å². The number of hydrogen-bond acceptors (Lipinski definition) is 2. The highest BCUT2D eigenvalue weighted by Gasteiger charge is 1.96. The molecule has 0 fully saturated rings. The van der Waals surface area contributed by atoms with Crippen molar-refractivity contribution in [3.8, 4) is 0 Å². The van der Waals surface area contributed by atoms with Gasteiger partial charge in [0.1, 0.15) is 0 Å². The molecule has 0 unspecified atom stereocenters. The molecular weight excluding hydrogens is 126 g/mol. The zero-order valence-electron chi connectivity index (χ0n) is 5.89. The van der Waals surface area contributed by atoms with Crippen molar-refractivity contribution in [2.45, 2.75) is 12.8 Å². The molecule has 10 heavy (non-hydrogen) atoms. The molecule has 0 radical (unpaired) electrons. The number of allylic oxidation sites excluding steroid dienone is 2. The van der Waals surface area contributed by atoms with Crippen LogP contribution in [0.5, 0.6) is 0 Å². The van der Waals surface area contributed by atoms with Crippen LogP contribution in [0.1, 0.15) is 12.8 Å². The van der Waals surface area contributed by atoms with E-state index in [1.54, 1.807) is 0 Å². The van der Waals surface area contributed by atoms with Gasteiger partial charge in [-0.2, -0.15) is 0 Å². The Morgan fingerprint density at radius 3 is 2.30 bits per heavy atom. The Morgan fingerprint density at radius 1 is 1.30 bits per heavy atom. The predicted octanol–water partition coefficient (Wildman–Crippen LogP) is 1.73. The summed E-state index contributed by atoms with van der Waals surface area (Å²) in [6.07, 6.45) is 3.55. The SMILES string of the molecule is C=CC(=N)CCC(=O)C=C. The summed E-state index contributed by atoms with van der Waals surface area (Å²) in [5.74, 6) is -0.0217. The molecule has 0 aliphatic heterocycles. The first-order chi connectivity index (χ1) is 4.70. The summed E-state index contributed by atoms with van der Waals surface area (Å²) in [6.45, 7) is 6.72. The molecule has 0 rings (SSSR count). The van der Waals surface area contributed by atoms with Crippen LogP contribution in [0.3, 0.4) is 0 Å². The van der Waals surface area contributed by atoms with Crippen LogP contribution in [0.25, 0.3) is 0 Å². The van der Waals surface area contributed by atoms with Gasteiger partial charge in [-0.3, -0.25) is 4.79 Å². The van der Waals surface area contributed by atoms with Crippen LogP contribution in [-0.2, 0) is 4.79 Å². The van der Waals surface area contributed by atoms with Crippen molar-refractivity contribution in [2.75, 3.05) is 0 Å². The van der Waals surface area contributed by atoms with Crippen molar-refractivity contribution >= 4 is 11.5 Å². The molecule has 0 heterocycles. The fraction of sp³-hybridized carbons (Fsp3) is 0.250. The maximum Gasteiger partial charge on any atom is 0.155 e. The van der Waals surface area contributed by atoms with Gasteiger partial charge in [-0.1, -0.05) is 13.2 Å². The lowest BCUT2D eigenvalue weighted by atomic mass is 10.1. The van der Waals surface area contributed by atoms with E-state index in [0.717, 1.165) is 0 Å². The minimum absolute atomic E-state index is 0.0217. The third-order valence-electron chi connectivity index (χ3n) is 1.11. The molecule has 0 aromatic carbocycles. The molecule has 0 amide bonds. The van der Waals surface area contributed by atoms with Gasteiger partial charge in [0, 0.05) is 12.1 Å². The smallest absolute Gasteiger partial charge is 0.155 e. The lowest BCUT2D eigenvalue weighted by Crippen LogP contribution is -1.97. The minimum Gasteiger partial charge on any atom is -0.305 e. The summed E-state index contributed by atoms with van der Waals surface area (Å²) in [6, 6.07) is 0. The molecule has 0 bridgehead atoms. The molecular formula is C8H11NO. The zero-order valence-corrected chi connectivity index (χ0v) is 5.89. The van der Waals surface area contributed by atoms with Gasteiger partial charge in [-0.05, 0) is 18.6 Å². The molecule has 0 aliphatic carbocycles. The van der Waals surface area contributed by atoms with E-state index in [1.807, 2.05) is 0 Å². The van der Waals surface area contributed by atoms with Gasteiger partial charge in [-0.15, -0.1) is 0 Å². The Morgan fingerprint density at radius 2 is 1.90 bits per heavy atom. The first kappa shape index (κ1) is 8.82. The number of carbonyl (C=O) groups is 1. The lowest BCUT2D eigenvalue weighted by molar-refractivity contribution is -0.114. The Balaban J connectivity index is 3.54. The topological polar surface area (TPSA) is 40.9 Å². The predicted molar refractivity (Wildman–Crippen MR) is 42.4 cm³/mol. The van der Waals surface area contributed by atoms with Crippen LogP contribution >= 0.6 is 0 Å². The van der Waals surface area contributed by atoms with Crippen LogP contribution in [0, 0.1) is 5.41 Å². The van der Waals surface area contributed by atoms with Crippen molar-refractivity contribution in [2.24, 2.45) is 0 Å². The van der Waals surface area contributed by atoms with Crippen molar-refractivity contribution in [3.05, 3.63) is 25.3 Å². The average molecular weight is 137 g/mol. The summed E-state index contributed by atoms with van der Waals surface area (Å²) in [5, 5.41) is 7.10. The van der Waals surface area contributed by atoms with Crippen molar-refractivity contribution in [3.63, 3.8) is 0 Å². The highest BCUT2D eigenvalue weighted by molar-refractivity contribution is 5.97.